The van der Waals surface area contributed by atoms with Crippen LogP contribution in [0.4, 0.5) is 11.8 Å². The molecule has 0 bridgehead atoms. The number of hydrogen-bond donors (Lipinski definition) is 0. The van der Waals surface area contributed by atoms with Crippen molar-refractivity contribution in [2.45, 2.75) is 12.8 Å². The van der Waals surface area contributed by atoms with E-state index in [0.29, 0.717) is 10.8 Å². The maximum atomic E-state index is 6.10. The van der Waals surface area contributed by atoms with E-state index >= 15 is 0 Å². The normalized spacial score (nSPS) is 18.4. The Hall–Kier alpha value is -2.05. The highest BCUT2D eigenvalue weighted by Crippen LogP contribution is 2.33. The molecular formula is C19H24ClN5O. The van der Waals surface area contributed by atoms with Crippen molar-refractivity contribution in [2.24, 2.45) is 0 Å². The molecule has 0 N–H and O–H groups in total. The van der Waals surface area contributed by atoms with Gasteiger partial charge in [-0.25, -0.2) is 4.98 Å². The van der Waals surface area contributed by atoms with Gasteiger partial charge in [-0.3, -0.25) is 0 Å². The molecule has 0 amide bonds. The minimum Gasteiger partial charge on any atom is -0.452 e. The van der Waals surface area contributed by atoms with Crippen LogP contribution >= 0.6 is 11.6 Å². The second-order valence-electron chi connectivity index (χ2n) is 6.90. The van der Waals surface area contributed by atoms with Gasteiger partial charge in [0.05, 0.1) is 6.20 Å². The first-order valence-corrected chi connectivity index (χ1v) is 9.56. The zero-order valence-electron chi connectivity index (χ0n) is 15.1. The van der Waals surface area contributed by atoms with Gasteiger partial charge in [0, 0.05) is 44.3 Å². The summed E-state index contributed by atoms with van der Waals surface area (Å²) in [7, 11) is 2.15. The number of ether oxygens (including phenoxy) is 1. The molecular weight excluding hydrogens is 350 g/mol. The summed E-state index contributed by atoms with van der Waals surface area (Å²) in [5, 5.41) is 0.692. The third-order valence-electron chi connectivity index (χ3n) is 4.96. The number of halogens is 1. The lowest BCUT2D eigenvalue weighted by Crippen LogP contribution is -2.45. The molecule has 3 heterocycles. The molecule has 4 rings (SSSR count). The highest BCUT2D eigenvalue weighted by Gasteiger charge is 2.23. The molecule has 2 saturated heterocycles. The molecule has 2 aliphatic heterocycles. The van der Waals surface area contributed by atoms with Crippen LogP contribution in [0.15, 0.2) is 30.5 Å². The average molecular weight is 374 g/mol. The van der Waals surface area contributed by atoms with Gasteiger partial charge in [-0.15, -0.1) is 0 Å². The Morgan fingerprint density at radius 2 is 1.62 bits per heavy atom. The van der Waals surface area contributed by atoms with Gasteiger partial charge < -0.3 is 19.4 Å². The Kier molecular flexibility index (Phi) is 5.13. The fourth-order valence-corrected chi connectivity index (χ4v) is 3.49. The van der Waals surface area contributed by atoms with Crippen LogP contribution in [0.5, 0.6) is 11.5 Å². The van der Waals surface area contributed by atoms with Crippen LogP contribution in [0.2, 0.25) is 5.02 Å². The Morgan fingerprint density at radius 1 is 0.923 bits per heavy atom. The van der Waals surface area contributed by atoms with E-state index < -0.39 is 0 Å². The van der Waals surface area contributed by atoms with E-state index in [2.05, 4.69) is 26.7 Å². The number of piperazine rings is 1. The van der Waals surface area contributed by atoms with Crippen LogP contribution in [0.1, 0.15) is 12.8 Å². The number of nitrogens with zero attached hydrogens (tertiary/aromatic N) is 5. The summed E-state index contributed by atoms with van der Waals surface area (Å²) < 4.78 is 6.10. The molecule has 0 saturated carbocycles. The standard InChI is InChI=1S/C19H24ClN5O/c1-23-10-12-24(13-11-23)18-17(26-16-6-4-15(20)5-7-16)14-21-19(22-18)25-8-2-3-9-25/h4-7,14H,2-3,8-13H2,1H3. The lowest BCUT2D eigenvalue weighted by molar-refractivity contribution is 0.310. The van der Waals surface area contributed by atoms with E-state index in [-0.39, 0.29) is 0 Å². The average Bonchev–Trinajstić information content (AvgIpc) is 3.19. The Balaban J connectivity index is 1.63. The highest BCUT2D eigenvalue weighted by atomic mass is 35.5. The van der Waals surface area contributed by atoms with Gasteiger partial charge in [0.15, 0.2) is 11.6 Å². The van der Waals surface area contributed by atoms with Crippen molar-refractivity contribution >= 4 is 23.4 Å². The Morgan fingerprint density at radius 3 is 2.31 bits per heavy atom. The third kappa shape index (κ3) is 3.86. The fourth-order valence-electron chi connectivity index (χ4n) is 3.37. The van der Waals surface area contributed by atoms with Crippen molar-refractivity contribution in [2.75, 3.05) is 56.1 Å². The monoisotopic (exact) mass is 373 g/mol. The summed E-state index contributed by atoms with van der Waals surface area (Å²) >= 11 is 5.98. The van der Waals surface area contributed by atoms with Crippen LogP contribution in [0.25, 0.3) is 0 Å². The van der Waals surface area contributed by atoms with E-state index in [9.17, 15) is 0 Å². The molecule has 2 aromatic rings. The molecule has 0 atom stereocenters. The molecule has 2 fully saturated rings. The maximum Gasteiger partial charge on any atom is 0.227 e. The van der Waals surface area contributed by atoms with Crippen molar-refractivity contribution < 1.29 is 4.74 Å². The molecule has 0 unspecified atom stereocenters. The number of aromatic nitrogens is 2. The minimum absolute atomic E-state index is 0.692. The van der Waals surface area contributed by atoms with E-state index in [1.54, 1.807) is 0 Å². The molecule has 26 heavy (non-hydrogen) atoms. The van der Waals surface area contributed by atoms with E-state index in [1.807, 2.05) is 30.5 Å². The largest absolute Gasteiger partial charge is 0.452 e. The first kappa shape index (κ1) is 17.4. The number of benzene rings is 1. The first-order chi connectivity index (χ1) is 12.7. The molecule has 1 aromatic heterocycles. The molecule has 6 nitrogen and oxygen atoms in total. The van der Waals surface area contributed by atoms with Crippen molar-refractivity contribution in [3.8, 4) is 11.5 Å². The Labute approximate surface area is 159 Å². The van der Waals surface area contributed by atoms with Crippen molar-refractivity contribution in [1.82, 2.24) is 14.9 Å². The van der Waals surface area contributed by atoms with Gasteiger partial charge in [-0.2, -0.15) is 4.98 Å². The zero-order valence-corrected chi connectivity index (χ0v) is 15.8. The smallest absolute Gasteiger partial charge is 0.227 e. The van der Waals surface area contributed by atoms with Crippen LogP contribution < -0.4 is 14.5 Å². The van der Waals surface area contributed by atoms with E-state index in [4.69, 9.17) is 21.3 Å². The summed E-state index contributed by atoms with van der Waals surface area (Å²) in [6.45, 7) is 5.96. The molecule has 7 heteroatoms. The lowest BCUT2D eigenvalue weighted by Gasteiger charge is -2.34. The third-order valence-corrected chi connectivity index (χ3v) is 5.21. The summed E-state index contributed by atoms with van der Waals surface area (Å²) in [5.41, 5.74) is 0. The van der Waals surface area contributed by atoms with Crippen LogP contribution in [-0.4, -0.2) is 61.2 Å². The van der Waals surface area contributed by atoms with Crippen molar-refractivity contribution in [3.63, 3.8) is 0 Å². The second kappa shape index (κ2) is 7.68. The predicted molar refractivity (Wildman–Crippen MR) is 105 cm³/mol. The van der Waals surface area contributed by atoms with Gasteiger partial charge in [0.25, 0.3) is 0 Å². The fraction of sp³-hybridized carbons (Fsp3) is 0.474. The summed E-state index contributed by atoms with van der Waals surface area (Å²) in [5.74, 6) is 3.12. The highest BCUT2D eigenvalue weighted by molar-refractivity contribution is 6.30. The van der Waals surface area contributed by atoms with Crippen molar-refractivity contribution in [1.29, 1.82) is 0 Å². The van der Waals surface area contributed by atoms with Crippen LogP contribution in [0, 0.1) is 0 Å². The van der Waals surface area contributed by atoms with Gasteiger partial charge in [-0.1, -0.05) is 11.6 Å². The minimum atomic E-state index is 0.692. The van der Waals surface area contributed by atoms with Crippen molar-refractivity contribution in [3.05, 3.63) is 35.5 Å². The first-order valence-electron chi connectivity index (χ1n) is 9.18. The zero-order chi connectivity index (χ0) is 17.9. The van der Waals surface area contributed by atoms with Crippen LogP contribution in [0.3, 0.4) is 0 Å². The van der Waals surface area contributed by atoms with E-state index in [1.165, 1.54) is 12.8 Å². The van der Waals surface area contributed by atoms with Gasteiger partial charge in [0.2, 0.25) is 5.95 Å². The second-order valence-corrected chi connectivity index (χ2v) is 7.33. The number of rotatable bonds is 4. The summed E-state index contributed by atoms with van der Waals surface area (Å²) in [6.07, 6.45) is 4.22. The molecule has 0 radical (unpaired) electrons. The summed E-state index contributed by atoms with van der Waals surface area (Å²) in [6, 6.07) is 7.38. The molecule has 0 aliphatic carbocycles. The predicted octanol–water partition coefficient (Wildman–Crippen LogP) is 3.27. The van der Waals surface area contributed by atoms with Crippen LogP contribution in [-0.2, 0) is 0 Å². The number of likely N-dealkylation sites (N-methyl/N-ethyl adjacent to an activating group) is 1. The molecule has 2 aliphatic rings. The summed E-state index contributed by atoms with van der Waals surface area (Å²) in [4.78, 5) is 16.3. The number of anilines is 2. The molecule has 138 valence electrons. The van der Waals surface area contributed by atoms with Gasteiger partial charge in [-0.05, 0) is 44.2 Å². The topological polar surface area (TPSA) is 44.7 Å². The van der Waals surface area contributed by atoms with E-state index in [0.717, 1.165) is 56.8 Å². The van der Waals surface area contributed by atoms with Gasteiger partial charge in [0.1, 0.15) is 5.75 Å². The number of hydrogen-bond acceptors (Lipinski definition) is 6. The maximum absolute atomic E-state index is 6.10. The quantitative estimate of drug-likeness (QED) is 0.819. The molecule has 0 spiro atoms. The van der Waals surface area contributed by atoms with Gasteiger partial charge >= 0.3 is 0 Å². The lowest BCUT2D eigenvalue weighted by atomic mass is 10.3. The molecule has 1 aromatic carbocycles. The Bertz CT molecular complexity index is 740. The SMILES string of the molecule is CN1CCN(c2nc(N3CCCC3)ncc2Oc2ccc(Cl)cc2)CC1.